The predicted octanol–water partition coefficient (Wildman–Crippen LogP) is -0.523. The summed E-state index contributed by atoms with van der Waals surface area (Å²) in [4.78, 5) is 23.9. The van der Waals surface area contributed by atoms with Gasteiger partial charge in [-0.2, -0.15) is 4.98 Å². The minimum absolute atomic E-state index is 0.0389. The Balaban J connectivity index is 2.33. The second-order valence-corrected chi connectivity index (χ2v) is 5.21. The Bertz CT molecular complexity index is 596. The van der Waals surface area contributed by atoms with Gasteiger partial charge in [-0.3, -0.25) is 4.57 Å². The second-order valence-electron chi connectivity index (χ2n) is 4.53. The predicted molar refractivity (Wildman–Crippen MR) is 68.1 cm³/mol. The zero-order chi connectivity index (χ0) is 15.7. The van der Waals surface area contributed by atoms with E-state index in [4.69, 9.17) is 15.4 Å². The maximum atomic E-state index is 14.4. The lowest BCUT2D eigenvalue weighted by Gasteiger charge is -2.17. The van der Waals surface area contributed by atoms with Crippen LogP contribution in [0.1, 0.15) is 13.2 Å². The number of aromatic nitrogens is 2. The number of anilines is 1. The Kier molecular flexibility index (Phi) is 4.64. The van der Waals surface area contributed by atoms with Crippen molar-refractivity contribution in [2.45, 2.75) is 37.6 Å². The van der Waals surface area contributed by atoms with Crippen LogP contribution in [0.25, 0.3) is 0 Å². The van der Waals surface area contributed by atoms with Crippen molar-refractivity contribution in [3.05, 3.63) is 22.7 Å². The van der Waals surface area contributed by atoms with E-state index in [0.717, 1.165) is 4.57 Å². The minimum atomic E-state index is -3.09. The summed E-state index contributed by atoms with van der Waals surface area (Å²) in [6, 6.07) is 1.27. The first kappa shape index (κ1) is 15.9. The largest absolute Gasteiger partial charge is 0.695 e. The van der Waals surface area contributed by atoms with Crippen LogP contribution in [-0.2, 0) is 13.8 Å². The maximum absolute atomic E-state index is 14.4. The number of aliphatic hydroxyl groups excluding tert-OH is 1. The average Bonchev–Trinajstić information content (AvgIpc) is 2.67. The molecule has 3 unspecified atom stereocenters. The van der Waals surface area contributed by atoms with Gasteiger partial charge in [-0.25, -0.2) is 9.18 Å². The molecule has 0 radical (unpaired) electrons. The van der Waals surface area contributed by atoms with Crippen LogP contribution in [0.2, 0.25) is 0 Å². The van der Waals surface area contributed by atoms with Crippen LogP contribution in [0.15, 0.2) is 17.1 Å². The Labute approximate surface area is 119 Å². The summed E-state index contributed by atoms with van der Waals surface area (Å²) in [6.45, 7) is 1.31. The highest BCUT2D eigenvalue weighted by Crippen LogP contribution is 2.38. The molecule has 9 nitrogen and oxygen atoms in total. The van der Waals surface area contributed by atoms with Gasteiger partial charge in [-0.05, 0) is 13.0 Å². The third-order valence-corrected chi connectivity index (χ3v) is 3.44. The molecule has 1 aliphatic rings. The molecule has 11 heteroatoms. The number of hydrogen-bond acceptors (Lipinski definition) is 7. The normalized spacial score (nSPS) is 31.1. The van der Waals surface area contributed by atoms with E-state index in [9.17, 15) is 18.9 Å². The molecule has 0 amide bonds. The quantitative estimate of drug-likeness (QED) is 0.630. The summed E-state index contributed by atoms with van der Waals surface area (Å²) in [7, 11) is -3.09. The Hall–Kier alpha value is -1.45. The van der Waals surface area contributed by atoms with Gasteiger partial charge in [-0.15, -0.1) is 9.42 Å². The molecule has 0 saturated carbocycles. The highest BCUT2D eigenvalue weighted by Gasteiger charge is 2.53. The van der Waals surface area contributed by atoms with Crippen LogP contribution in [0.4, 0.5) is 10.2 Å². The molecule has 1 aromatic heterocycles. The van der Waals surface area contributed by atoms with Gasteiger partial charge in [0.1, 0.15) is 11.9 Å². The zero-order valence-corrected chi connectivity index (χ0v) is 11.8. The standard InChI is InChI=1S/C10H13FN3O6P/c1-4(15)7-8(20-21(17)18)6(11)9(19-7)14-3-2-5(12)13-10(14)16/h2-4,6-9,15H,1H3,(H2-,12,13,16,17,18)/p+1/t4-,6?,7-,8?,9-/m1/s1. The molecular weight excluding hydrogens is 308 g/mol. The van der Waals surface area contributed by atoms with Crippen molar-refractivity contribution in [2.24, 2.45) is 0 Å². The third kappa shape index (κ3) is 3.25. The van der Waals surface area contributed by atoms with Crippen molar-refractivity contribution >= 4 is 14.1 Å². The number of nitrogens with zero attached hydrogens (tertiary/aromatic N) is 2. The van der Waals surface area contributed by atoms with Crippen LogP contribution in [0.5, 0.6) is 0 Å². The zero-order valence-electron chi connectivity index (χ0n) is 10.9. The average molecular weight is 322 g/mol. The molecule has 0 bridgehead atoms. The van der Waals surface area contributed by atoms with E-state index >= 15 is 0 Å². The first-order valence-electron chi connectivity index (χ1n) is 5.96. The molecule has 1 fully saturated rings. The SMILES string of the molecule is C[C@@H](O)[C@H]1O[C@@H](n2ccc(N)nc2=O)C(F)C1O[P+](=O)O. The van der Waals surface area contributed by atoms with Gasteiger partial charge in [-0.1, -0.05) is 0 Å². The number of halogens is 1. The van der Waals surface area contributed by atoms with Gasteiger partial charge in [0.15, 0.2) is 18.5 Å². The monoisotopic (exact) mass is 322 g/mol. The summed E-state index contributed by atoms with van der Waals surface area (Å²) < 4.78 is 35.8. The maximum Gasteiger partial charge on any atom is 0.695 e. The molecule has 0 aliphatic carbocycles. The first-order valence-corrected chi connectivity index (χ1v) is 7.09. The lowest BCUT2D eigenvalue weighted by Crippen LogP contribution is -2.37. The van der Waals surface area contributed by atoms with Gasteiger partial charge in [0.25, 0.3) is 0 Å². The Morgan fingerprint density at radius 1 is 1.67 bits per heavy atom. The van der Waals surface area contributed by atoms with Crippen molar-refractivity contribution < 1.29 is 28.2 Å². The van der Waals surface area contributed by atoms with Crippen molar-refractivity contribution in [3.63, 3.8) is 0 Å². The Morgan fingerprint density at radius 3 is 2.86 bits per heavy atom. The molecule has 1 aromatic rings. The molecular formula is C10H14FN3O6P+. The van der Waals surface area contributed by atoms with Crippen molar-refractivity contribution in [3.8, 4) is 0 Å². The van der Waals surface area contributed by atoms with E-state index in [2.05, 4.69) is 9.51 Å². The molecule has 21 heavy (non-hydrogen) atoms. The number of rotatable bonds is 4. The van der Waals surface area contributed by atoms with Crippen molar-refractivity contribution in [2.75, 3.05) is 5.73 Å². The van der Waals surface area contributed by atoms with Gasteiger partial charge >= 0.3 is 13.9 Å². The number of hydrogen-bond donors (Lipinski definition) is 3. The third-order valence-electron chi connectivity index (χ3n) is 3.02. The fourth-order valence-electron chi connectivity index (χ4n) is 2.11. The number of aliphatic hydroxyl groups is 1. The molecule has 1 aliphatic heterocycles. The van der Waals surface area contributed by atoms with Gasteiger partial charge < -0.3 is 15.6 Å². The lowest BCUT2D eigenvalue weighted by molar-refractivity contribution is -0.0756. The summed E-state index contributed by atoms with van der Waals surface area (Å²) in [5.41, 5.74) is 4.49. The summed E-state index contributed by atoms with van der Waals surface area (Å²) >= 11 is 0. The summed E-state index contributed by atoms with van der Waals surface area (Å²) in [5.74, 6) is -0.0389. The molecule has 1 saturated heterocycles. The van der Waals surface area contributed by atoms with Gasteiger partial charge in [0.2, 0.25) is 0 Å². The molecule has 4 N–H and O–H groups in total. The number of nitrogens with two attached hydrogens (primary N) is 1. The van der Waals surface area contributed by atoms with Gasteiger partial charge in [0.05, 0.1) is 6.10 Å². The topological polar surface area (TPSA) is 137 Å². The highest BCUT2D eigenvalue weighted by atomic mass is 31.1. The van der Waals surface area contributed by atoms with E-state index in [1.807, 2.05) is 0 Å². The van der Waals surface area contributed by atoms with Crippen LogP contribution in [0.3, 0.4) is 0 Å². The van der Waals surface area contributed by atoms with Crippen molar-refractivity contribution in [1.29, 1.82) is 0 Å². The molecule has 0 aromatic carbocycles. The van der Waals surface area contributed by atoms with Crippen LogP contribution < -0.4 is 11.4 Å². The molecule has 116 valence electrons. The molecule has 2 heterocycles. The molecule has 6 atom stereocenters. The Morgan fingerprint density at radius 2 is 2.33 bits per heavy atom. The molecule has 2 rings (SSSR count). The second kappa shape index (κ2) is 6.12. The van der Waals surface area contributed by atoms with Crippen LogP contribution in [-0.4, -0.2) is 44.0 Å². The van der Waals surface area contributed by atoms with Crippen molar-refractivity contribution in [1.82, 2.24) is 9.55 Å². The summed E-state index contributed by atoms with van der Waals surface area (Å²) in [5, 5.41) is 9.56. The van der Waals surface area contributed by atoms with E-state index in [0.29, 0.717) is 0 Å². The summed E-state index contributed by atoms with van der Waals surface area (Å²) in [6.07, 6.45) is -6.08. The number of ether oxygens (including phenoxy) is 1. The van der Waals surface area contributed by atoms with E-state index in [1.165, 1.54) is 19.2 Å². The number of alkyl halides is 1. The minimum Gasteiger partial charge on any atom is -0.391 e. The molecule has 0 spiro atoms. The van der Waals surface area contributed by atoms with E-state index in [-0.39, 0.29) is 5.82 Å². The smallest absolute Gasteiger partial charge is 0.391 e. The van der Waals surface area contributed by atoms with E-state index in [1.54, 1.807) is 0 Å². The van der Waals surface area contributed by atoms with Gasteiger partial charge in [0, 0.05) is 10.8 Å². The highest BCUT2D eigenvalue weighted by molar-refractivity contribution is 7.32. The van der Waals surface area contributed by atoms with Crippen LogP contribution in [0, 0.1) is 0 Å². The fourth-order valence-corrected chi connectivity index (χ4v) is 2.55. The lowest BCUT2D eigenvalue weighted by atomic mass is 10.1. The first-order chi connectivity index (χ1) is 9.81. The fraction of sp³-hybridized carbons (Fsp3) is 0.600. The van der Waals surface area contributed by atoms with E-state index < -0.39 is 44.7 Å². The van der Waals surface area contributed by atoms with Crippen LogP contribution >= 0.6 is 8.25 Å². The number of nitrogen functional groups attached to an aromatic ring is 1.